The molecule has 1 aliphatic rings. The Labute approximate surface area is 137 Å². The van der Waals surface area contributed by atoms with Gasteiger partial charge in [0.05, 0.1) is 6.61 Å². The second-order valence-electron chi connectivity index (χ2n) is 6.09. The summed E-state index contributed by atoms with van der Waals surface area (Å²) in [6.45, 7) is 6.75. The molecule has 1 saturated carbocycles. The van der Waals surface area contributed by atoms with E-state index >= 15 is 0 Å². The molecule has 0 heterocycles. The second kappa shape index (κ2) is 7.73. The average Bonchev–Trinajstić information content (AvgIpc) is 3.28. The van der Waals surface area contributed by atoms with Crippen molar-refractivity contribution in [3.63, 3.8) is 0 Å². The van der Waals surface area contributed by atoms with E-state index in [0.29, 0.717) is 12.6 Å². The smallest absolute Gasteiger partial charge is 0.0590 e. The van der Waals surface area contributed by atoms with Gasteiger partial charge in [-0.15, -0.1) is 0 Å². The third kappa shape index (κ3) is 4.28. The summed E-state index contributed by atoms with van der Waals surface area (Å²) in [5, 5.41) is 0. The first-order valence-electron chi connectivity index (χ1n) is 7.79. The van der Waals surface area contributed by atoms with Crippen LogP contribution < -0.4 is 5.73 Å². The van der Waals surface area contributed by atoms with E-state index in [1.165, 1.54) is 24.0 Å². The molecule has 2 unspecified atom stereocenters. The van der Waals surface area contributed by atoms with Crippen molar-refractivity contribution >= 4 is 15.9 Å². The van der Waals surface area contributed by atoms with Crippen LogP contribution in [0.25, 0.3) is 0 Å². The van der Waals surface area contributed by atoms with Gasteiger partial charge in [-0.1, -0.05) is 28.1 Å². The zero-order valence-electron chi connectivity index (χ0n) is 13.3. The van der Waals surface area contributed by atoms with Crippen molar-refractivity contribution in [3.05, 3.63) is 33.8 Å². The van der Waals surface area contributed by atoms with E-state index < -0.39 is 0 Å². The predicted molar refractivity (Wildman–Crippen MR) is 91.4 cm³/mol. The molecule has 0 amide bonds. The van der Waals surface area contributed by atoms with Crippen molar-refractivity contribution in [2.45, 2.75) is 38.8 Å². The Balaban J connectivity index is 2.24. The largest absolute Gasteiger partial charge is 0.383 e. The van der Waals surface area contributed by atoms with E-state index in [4.69, 9.17) is 10.5 Å². The number of nitrogens with zero attached hydrogens (tertiary/aromatic N) is 1. The SMILES string of the molecule is COCCN(C(CN)c1ccc(C)cc1Br)C(C)C1CC1. The minimum atomic E-state index is 0.241. The molecule has 0 radical (unpaired) electrons. The van der Waals surface area contributed by atoms with Gasteiger partial charge >= 0.3 is 0 Å². The van der Waals surface area contributed by atoms with Crippen molar-refractivity contribution in [1.29, 1.82) is 0 Å². The summed E-state index contributed by atoms with van der Waals surface area (Å²) in [5.74, 6) is 0.820. The molecule has 0 aliphatic heterocycles. The predicted octanol–water partition coefficient (Wildman–Crippen LogP) is 3.50. The molecule has 2 rings (SSSR count). The summed E-state index contributed by atoms with van der Waals surface area (Å²) in [6, 6.07) is 7.34. The monoisotopic (exact) mass is 354 g/mol. The molecule has 1 aromatic rings. The Hall–Kier alpha value is -0.420. The molecule has 0 bridgehead atoms. The number of aryl methyl sites for hydroxylation is 1. The van der Waals surface area contributed by atoms with Gasteiger partial charge in [0.2, 0.25) is 0 Å². The van der Waals surface area contributed by atoms with Crippen molar-refractivity contribution in [2.24, 2.45) is 11.7 Å². The summed E-state index contributed by atoms with van der Waals surface area (Å²) in [4.78, 5) is 2.52. The Kier molecular flexibility index (Phi) is 6.23. The van der Waals surface area contributed by atoms with Gasteiger partial charge in [-0.05, 0) is 49.8 Å². The molecule has 1 aromatic carbocycles. The van der Waals surface area contributed by atoms with E-state index in [-0.39, 0.29) is 6.04 Å². The van der Waals surface area contributed by atoms with Gasteiger partial charge < -0.3 is 10.5 Å². The molecule has 0 aromatic heterocycles. The van der Waals surface area contributed by atoms with Crippen LogP contribution in [0.3, 0.4) is 0 Å². The van der Waals surface area contributed by atoms with Crippen LogP contribution in [0.5, 0.6) is 0 Å². The molecule has 2 N–H and O–H groups in total. The van der Waals surface area contributed by atoms with Crippen LogP contribution >= 0.6 is 15.9 Å². The Bertz CT molecular complexity index is 462. The van der Waals surface area contributed by atoms with Crippen LogP contribution in [-0.2, 0) is 4.74 Å². The summed E-state index contributed by atoms with van der Waals surface area (Å²) >= 11 is 3.71. The molecule has 21 heavy (non-hydrogen) atoms. The zero-order chi connectivity index (χ0) is 15.4. The maximum atomic E-state index is 6.14. The summed E-state index contributed by atoms with van der Waals surface area (Å²) in [7, 11) is 1.76. The fourth-order valence-corrected chi connectivity index (χ4v) is 3.79. The van der Waals surface area contributed by atoms with E-state index in [1.807, 2.05) is 0 Å². The fourth-order valence-electron chi connectivity index (χ4n) is 3.03. The molecule has 1 aliphatic carbocycles. The highest BCUT2D eigenvalue weighted by Gasteiger charge is 2.35. The second-order valence-corrected chi connectivity index (χ2v) is 6.94. The molecule has 118 valence electrons. The molecule has 3 nitrogen and oxygen atoms in total. The molecule has 4 heteroatoms. The average molecular weight is 355 g/mol. The number of hydrogen-bond acceptors (Lipinski definition) is 3. The van der Waals surface area contributed by atoms with Crippen LogP contribution in [-0.4, -0.2) is 37.7 Å². The van der Waals surface area contributed by atoms with Crippen LogP contribution in [0.4, 0.5) is 0 Å². The molecular weight excluding hydrogens is 328 g/mol. The quantitative estimate of drug-likeness (QED) is 0.776. The number of nitrogens with two attached hydrogens (primary N) is 1. The standard InChI is InChI=1S/C17H27BrN2O/c1-12-4-7-15(16(18)10-12)17(11-19)20(8-9-21-3)13(2)14-5-6-14/h4,7,10,13-14,17H,5-6,8-9,11,19H2,1-3H3. The Morgan fingerprint density at radius 3 is 2.67 bits per heavy atom. The van der Waals surface area contributed by atoms with Crippen LogP contribution in [0, 0.1) is 12.8 Å². The van der Waals surface area contributed by atoms with Crippen molar-refractivity contribution in [3.8, 4) is 0 Å². The van der Waals surface area contributed by atoms with Gasteiger partial charge in [0.1, 0.15) is 0 Å². The maximum Gasteiger partial charge on any atom is 0.0590 e. The molecule has 0 spiro atoms. The lowest BCUT2D eigenvalue weighted by Crippen LogP contribution is -2.43. The van der Waals surface area contributed by atoms with Crippen molar-refractivity contribution in [2.75, 3.05) is 26.8 Å². The van der Waals surface area contributed by atoms with E-state index in [1.54, 1.807) is 7.11 Å². The lowest BCUT2D eigenvalue weighted by Gasteiger charge is -2.37. The minimum Gasteiger partial charge on any atom is -0.383 e. The number of hydrogen-bond donors (Lipinski definition) is 1. The van der Waals surface area contributed by atoms with E-state index in [9.17, 15) is 0 Å². The van der Waals surface area contributed by atoms with Gasteiger partial charge in [-0.25, -0.2) is 0 Å². The van der Waals surface area contributed by atoms with Gasteiger partial charge in [0.15, 0.2) is 0 Å². The highest BCUT2D eigenvalue weighted by molar-refractivity contribution is 9.10. The van der Waals surface area contributed by atoms with Crippen LogP contribution in [0.2, 0.25) is 0 Å². The molecule has 2 atom stereocenters. The minimum absolute atomic E-state index is 0.241. The Morgan fingerprint density at radius 2 is 2.14 bits per heavy atom. The fraction of sp³-hybridized carbons (Fsp3) is 0.647. The normalized spacial score (nSPS) is 18.0. The van der Waals surface area contributed by atoms with E-state index in [0.717, 1.165) is 23.5 Å². The molecule has 1 fully saturated rings. The first-order chi connectivity index (χ1) is 10.1. The number of rotatable bonds is 8. The first kappa shape index (κ1) is 16.9. The van der Waals surface area contributed by atoms with Gasteiger partial charge in [0, 0.05) is 36.8 Å². The number of halogens is 1. The summed E-state index contributed by atoms with van der Waals surface area (Å²) in [6.07, 6.45) is 2.69. The molecular formula is C17H27BrN2O. The number of benzene rings is 1. The highest BCUT2D eigenvalue weighted by atomic mass is 79.9. The lowest BCUT2D eigenvalue weighted by atomic mass is 10.0. The van der Waals surface area contributed by atoms with Gasteiger partial charge in [0.25, 0.3) is 0 Å². The first-order valence-corrected chi connectivity index (χ1v) is 8.58. The van der Waals surface area contributed by atoms with Crippen molar-refractivity contribution < 1.29 is 4.74 Å². The van der Waals surface area contributed by atoms with Crippen molar-refractivity contribution in [1.82, 2.24) is 4.90 Å². The maximum absolute atomic E-state index is 6.14. The lowest BCUT2D eigenvalue weighted by molar-refractivity contribution is 0.0832. The molecule has 0 saturated heterocycles. The third-order valence-electron chi connectivity index (χ3n) is 4.52. The highest BCUT2D eigenvalue weighted by Crippen LogP contribution is 2.39. The Morgan fingerprint density at radius 1 is 1.43 bits per heavy atom. The summed E-state index contributed by atoms with van der Waals surface area (Å²) < 4.78 is 6.46. The van der Waals surface area contributed by atoms with Gasteiger partial charge in [-0.2, -0.15) is 0 Å². The zero-order valence-corrected chi connectivity index (χ0v) is 14.9. The van der Waals surface area contributed by atoms with Crippen LogP contribution in [0.1, 0.15) is 36.9 Å². The third-order valence-corrected chi connectivity index (χ3v) is 5.21. The topological polar surface area (TPSA) is 38.5 Å². The van der Waals surface area contributed by atoms with Crippen LogP contribution in [0.15, 0.2) is 22.7 Å². The number of methoxy groups -OCH3 is 1. The summed E-state index contributed by atoms with van der Waals surface area (Å²) in [5.41, 5.74) is 8.69. The van der Waals surface area contributed by atoms with E-state index in [2.05, 4.69) is 52.9 Å². The van der Waals surface area contributed by atoms with Gasteiger partial charge in [-0.3, -0.25) is 4.90 Å². The number of ether oxygens (including phenoxy) is 1.